The summed E-state index contributed by atoms with van der Waals surface area (Å²) in [4.78, 5) is 11.7. The molecule has 20 heavy (non-hydrogen) atoms. The molecule has 0 atom stereocenters. The fraction of sp³-hybridized carbons (Fsp3) is 0.400. The first-order valence-corrected chi connectivity index (χ1v) is 6.87. The molecule has 0 bridgehead atoms. The molecule has 1 aromatic carbocycles. The monoisotopic (exact) mass is 274 g/mol. The Hall–Kier alpha value is -2.17. The van der Waals surface area contributed by atoms with Crippen molar-refractivity contribution in [3.05, 3.63) is 36.2 Å². The first-order chi connectivity index (χ1) is 9.81. The summed E-state index contributed by atoms with van der Waals surface area (Å²) in [5.41, 5.74) is 0.780. The SMILES string of the molecule is CCCCCCOC(=O)c1nnc(-c2ccccc2)o1. The number of rotatable bonds is 7. The second-order valence-corrected chi connectivity index (χ2v) is 4.47. The molecule has 1 aromatic heterocycles. The van der Waals surface area contributed by atoms with Gasteiger partial charge in [0.25, 0.3) is 0 Å². The predicted octanol–water partition coefficient (Wildman–Crippen LogP) is 3.47. The van der Waals surface area contributed by atoms with Crippen molar-refractivity contribution in [2.75, 3.05) is 6.61 Å². The maximum absolute atomic E-state index is 11.7. The minimum absolute atomic E-state index is 0.0978. The summed E-state index contributed by atoms with van der Waals surface area (Å²) in [5, 5.41) is 7.56. The lowest BCUT2D eigenvalue weighted by Crippen LogP contribution is -2.06. The molecule has 0 saturated heterocycles. The number of nitrogens with zero attached hydrogens (tertiary/aromatic N) is 2. The summed E-state index contributed by atoms with van der Waals surface area (Å²) in [6.45, 7) is 2.53. The molecule has 0 aliphatic rings. The number of carbonyl (C=O) groups is 1. The molecular formula is C15H18N2O3. The topological polar surface area (TPSA) is 65.2 Å². The minimum atomic E-state index is -0.559. The van der Waals surface area contributed by atoms with E-state index >= 15 is 0 Å². The number of unbranched alkanes of at least 4 members (excludes halogenated alkanes) is 3. The molecule has 2 aromatic rings. The number of hydrogen-bond acceptors (Lipinski definition) is 5. The summed E-state index contributed by atoms with van der Waals surface area (Å²) in [5.74, 6) is -0.334. The van der Waals surface area contributed by atoms with E-state index in [1.54, 1.807) is 0 Å². The minimum Gasteiger partial charge on any atom is -0.459 e. The van der Waals surface area contributed by atoms with E-state index in [0.717, 1.165) is 31.2 Å². The number of carbonyl (C=O) groups excluding carboxylic acids is 1. The summed E-state index contributed by atoms with van der Waals surface area (Å²) >= 11 is 0. The van der Waals surface area contributed by atoms with Gasteiger partial charge in [-0.1, -0.05) is 44.4 Å². The van der Waals surface area contributed by atoms with Crippen LogP contribution in [-0.4, -0.2) is 22.8 Å². The van der Waals surface area contributed by atoms with Gasteiger partial charge in [0.15, 0.2) is 0 Å². The second-order valence-electron chi connectivity index (χ2n) is 4.47. The number of hydrogen-bond donors (Lipinski definition) is 0. The van der Waals surface area contributed by atoms with Crippen LogP contribution in [-0.2, 0) is 4.74 Å². The van der Waals surface area contributed by atoms with Gasteiger partial charge in [0.1, 0.15) is 0 Å². The molecule has 106 valence electrons. The average Bonchev–Trinajstić information content (AvgIpc) is 2.98. The van der Waals surface area contributed by atoms with Crippen LogP contribution in [0.5, 0.6) is 0 Å². The third-order valence-corrected chi connectivity index (χ3v) is 2.85. The first kappa shape index (κ1) is 14.2. The van der Waals surface area contributed by atoms with Gasteiger partial charge in [-0.3, -0.25) is 0 Å². The molecule has 0 amide bonds. The van der Waals surface area contributed by atoms with Crippen molar-refractivity contribution in [3.63, 3.8) is 0 Å². The van der Waals surface area contributed by atoms with Gasteiger partial charge >= 0.3 is 11.9 Å². The van der Waals surface area contributed by atoms with E-state index in [1.807, 2.05) is 30.3 Å². The van der Waals surface area contributed by atoms with E-state index in [0.29, 0.717) is 12.5 Å². The number of benzene rings is 1. The molecule has 5 nitrogen and oxygen atoms in total. The fourth-order valence-electron chi connectivity index (χ4n) is 1.76. The third-order valence-electron chi connectivity index (χ3n) is 2.85. The molecule has 0 unspecified atom stereocenters. The van der Waals surface area contributed by atoms with Crippen LogP contribution in [0.2, 0.25) is 0 Å². The van der Waals surface area contributed by atoms with Gasteiger partial charge < -0.3 is 9.15 Å². The molecule has 0 aliphatic carbocycles. The molecule has 0 N–H and O–H groups in total. The fourth-order valence-corrected chi connectivity index (χ4v) is 1.76. The molecule has 2 rings (SSSR count). The van der Waals surface area contributed by atoms with E-state index < -0.39 is 5.97 Å². The van der Waals surface area contributed by atoms with Crippen molar-refractivity contribution in [2.45, 2.75) is 32.6 Å². The Labute approximate surface area is 118 Å². The summed E-state index contributed by atoms with van der Waals surface area (Å²) in [6, 6.07) is 9.31. The smallest absolute Gasteiger partial charge is 0.396 e. The zero-order valence-electron chi connectivity index (χ0n) is 11.5. The maximum atomic E-state index is 11.7. The van der Waals surface area contributed by atoms with Crippen LogP contribution in [0.1, 0.15) is 43.3 Å². The van der Waals surface area contributed by atoms with Gasteiger partial charge in [0.2, 0.25) is 5.89 Å². The summed E-state index contributed by atoms with van der Waals surface area (Å²) in [7, 11) is 0. The largest absolute Gasteiger partial charge is 0.459 e. The molecule has 0 aliphatic heterocycles. The lowest BCUT2D eigenvalue weighted by molar-refractivity contribution is 0.0453. The Kier molecular flexibility index (Phi) is 5.29. The van der Waals surface area contributed by atoms with Crippen molar-refractivity contribution < 1.29 is 13.9 Å². The highest BCUT2D eigenvalue weighted by Crippen LogP contribution is 2.17. The Bertz CT molecular complexity index is 537. The van der Waals surface area contributed by atoms with E-state index in [1.165, 1.54) is 0 Å². The van der Waals surface area contributed by atoms with Crippen molar-refractivity contribution in [1.29, 1.82) is 0 Å². The zero-order valence-corrected chi connectivity index (χ0v) is 11.5. The van der Waals surface area contributed by atoms with Crippen LogP contribution in [0.4, 0.5) is 0 Å². The van der Waals surface area contributed by atoms with Gasteiger partial charge in [-0.2, -0.15) is 0 Å². The number of aromatic nitrogens is 2. The Morgan fingerprint density at radius 3 is 2.70 bits per heavy atom. The van der Waals surface area contributed by atoms with E-state index in [-0.39, 0.29) is 5.89 Å². The highest BCUT2D eigenvalue weighted by Gasteiger charge is 2.16. The van der Waals surface area contributed by atoms with Crippen LogP contribution < -0.4 is 0 Å². The lowest BCUT2D eigenvalue weighted by Gasteiger charge is -2.00. The maximum Gasteiger partial charge on any atom is 0.396 e. The molecular weight excluding hydrogens is 256 g/mol. The molecule has 0 saturated carbocycles. The molecule has 0 radical (unpaired) electrons. The van der Waals surface area contributed by atoms with E-state index in [2.05, 4.69) is 17.1 Å². The van der Waals surface area contributed by atoms with Crippen LogP contribution in [0.25, 0.3) is 11.5 Å². The van der Waals surface area contributed by atoms with Crippen molar-refractivity contribution >= 4 is 5.97 Å². The molecule has 0 fully saturated rings. The first-order valence-electron chi connectivity index (χ1n) is 6.87. The Morgan fingerprint density at radius 2 is 1.95 bits per heavy atom. The normalized spacial score (nSPS) is 10.4. The summed E-state index contributed by atoms with van der Waals surface area (Å²) < 4.78 is 10.4. The van der Waals surface area contributed by atoms with Gasteiger partial charge in [-0.25, -0.2) is 4.79 Å². The quantitative estimate of drug-likeness (QED) is 0.571. The number of ether oxygens (including phenoxy) is 1. The standard InChI is InChI=1S/C15H18N2O3/c1-2-3-4-8-11-19-15(18)14-17-16-13(20-14)12-9-6-5-7-10-12/h5-7,9-10H,2-4,8,11H2,1H3. The highest BCUT2D eigenvalue weighted by atomic mass is 16.5. The zero-order chi connectivity index (χ0) is 14.2. The Balaban J connectivity index is 1.87. The predicted molar refractivity (Wildman–Crippen MR) is 74.2 cm³/mol. The number of esters is 1. The third kappa shape index (κ3) is 3.91. The Morgan fingerprint density at radius 1 is 1.15 bits per heavy atom. The van der Waals surface area contributed by atoms with E-state index in [4.69, 9.17) is 9.15 Å². The van der Waals surface area contributed by atoms with E-state index in [9.17, 15) is 4.79 Å². The van der Waals surface area contributed by atoms with Crippen molar-refractivity contribution in [2.24, 2.45) is 0 Å². The average molecular weight is 274 g/mol. The van der Waals surface area contributed by atoms with Crippen LogP contribution in [0, 0.1) is 0 Å². The molecule has 0 spiro atoms. The van der Waals surface area contributed by atoms with Crippen LogP contribution >= 0.6 is 0 Å². The van der Waals surface area contributed by atoms with Gasteiger partial charge in [-0.15, -0.1) is 10.2 Å². The molecule has 1 heterocycles. The highest BCUT2D eigenvalue weighted by molar-refractivity contribution is 5.84. The van der Waals surface area contributed by atoms with Crippen LogP contribution in [0.3, 0.4) is 0 Å². The second kappa shape index (κ2) is 7.43. The summed E-state index contributed by atoms with van der Waals surface area (Å²) in [6.07, 6.45) is 4.22. The van der Waals surface area contributed by atoms with Gasteiger partial charge in [0.05, 0.1) is 6.61 Å². The lowest BCUT2D eigenvalue weighted by atomic mass is 10.2. The van der Waals surface area contributed by atoms with Gasteiger partial charge in [-0.05, 0) is 18.6 Å². The van der Waals surface area contributed by atoms with Gasteiger partial charge in [0, 0.05) is 5.56 Å². The molecule has 5 heteroatoms. The van der Waals surface area contributed by atoms with Crippen molar-refractivity contribution in [3.8, 4) is 11.5 Å². The van der Waals surface area contributed by atoms with Crippen molar-refractivity contribution in [1.82, 2.24) is 10.2 Å². The van der Waals surface area contributed by atoms with Crippen LogP contribution in [0.15, 0.2) is 34.7 Å².